The Morgan fingerprint density at radius 3 is 2.76 bits per heavy atom. The van der Waals surface area contributed by atoms with E-state index in [9.17, 15) is 4.79 Å². The van der Waals surface area contributed by atoms with Crippen LogP contribution >= 0.6 is 0 Å². The van der Waals surface area contributed by atoms with Gasteiger partial charge in [-0.25, -0.2) is 10.2 Å². The molecule has 2 aromatic rings. The predicted octanol–water partition coefficient (Wildman–Crippen LogP) is 2.58. The van der Waals surface area contributed by atoms with Crippen molar-refractivity contribution in [3.05, 3.63) is 65.2 Å². The first-order valence-electron chi connectivity index (χ1n) is 6.50. The number of nitrogens with one attached hydrogen (secondary N) is 1. The summed E-state index contributed by atoms with van der Waals surface area (Å²) < 4.78 is 5.73. The predicted molar refractivity (Wildman–Crippen MR) is 82.3 cm³/mol. The van der Waals surface area contributed by atoms with Crippen LogP contribution in [0.3, 0.4) is 0 Å². The molecule has 0 unspecified atom stereocenters. The number of aryl methyl sites for hydroxylation is 1. The molecule has 2 amide bonds. The van der Waals surface area contributed by atoms with E-state index in [1.165, 1.54) is 11.8 Å². The Bertz CT molecular complexity index is 636. The molecule has 0 radical (unpaired) electrons. The molecule has 5 nitrogen and oxygen atoms in total. The molecule has 2 aromatic carbocycles. The minimum atomic E-state index is -0.696. The standard InChI is InChI=1S/C16H17N3O2/c1-12-5-7-13(8-6-12)11-21-15-4-2-3-14(9-15)10-18-19-16(17)20/h2-10H,11H2,1H3,(H3,17,19,20)/b18-10-. The van der Waals surface area contributed by atoms with E-state index in [0.717, 1.165) is 16.9 Å². The highest BCUT2D eigenvalue weighted by Gasteiger charge is 1.97. The largest absolute Gasteiger partial charge is 0.489 e. The van der Waals surface area contributed by atoms with E-state index in [1.54, 1.807) is 0 Å². The maximum Gasteiger partial charge on any atom is 0.332 e. The lowest BCUT2D eigenvalue weighted by atomic mass is 10.2. The Kier molecular flexibility index (Phi) is 4.93. The van der Waals surface area contributed by atoms with Crippen molar-refractivity contribution in [3.8, 4) is 5.75 Å². The number of amides is 2. The van der Waals surface area contributed by atoms with Gasteiger partial charge in [0.2, 0.25) is 0 Å². The van der Waals surface area contributed by atoms with E-state index in [-0.39, 0.29) is 0 Å². The minimum Gasteiger partial charge on any atom is -0.489 e. The Balaban J connectivity index is 1.96. The van der Waals surface area contributed by atoms with Crippen LogP contribution in [0.5, 0.6) is 5.75 Å². The van der Waals surface area contributed by atoms with Crippen LogP contribution in [0.2, 0.25) is 0 Å². The fourth-order valence-electron chi connectivity index (χ4n) is 1.71. The van der Waals surface area contributed by atoms with Gasteiger partial charge in [-0.15, -0.1) is 0 Å². The van der Waals surface area contributed by atoms with Crippen LogP contribution in [-0.4, -0.2) is 12.2 Å². The number of urea groups is 1. The van der Waals surface area contributed by atoms with Gasteiger partial charge in [0.15, 0.2) is 0 Å². The number of primary amides is 1. The first-order valence-corrected chi connectivity index (χ1v) is 6.50. The maximum atomic E-state index is 10.5. The number of carbonyl (C=O) groups excluding carboxylic acids is 1. The molecular weight excluding hydrogens is 266 g/mol. The monoisotopic (exact) mass is 283 g/mol. The van der Waals surface area contributed by atoms with Gasteiger partial charge in [-0.05, 0) is 30.2 Å². The molecular formula is C16H17N3O2. The first kappa shape index (κ1) is 14.6. The van der Waals surface area contributed by atoms with Crippen LogP contribution in [0.25, 0.3) is 0 Å². The van der Waals surface area contributed by atoms with E-state index in [0.29, 0.717) is 6.61 Å². The van der Waals surface area contributed by atoms with Crippen molar-refractivity contribution >= 4 is 12.2 Å². The summed E-state index contributed by atoms with van der Waals surface area (Å²) in [5.41, 5.74) is 10.2. The Labute approximate surface area is 123 Å². The molecule has 0 aliphatic rings. The zero-order chi connectivity index (χ0) is 15.1. The lowest BCUT2D eigenvalue weighted by Crippen LogP contribution is -2.24. The van der Waals surface area contributed by atoms with Crippen LogP contribution in [0.1, 0.15) is 16.7 Å². The number of hydrazone groups is 1. The van der Waals surface area contributed by atoms with Crippen LogP contribution < -0.4 is 15.9 Å². The van der Waals surface area contributed by atoms with Gasteiger partial charge in [0.1, 0.15) is 12.4 Å². The molecule has 0 bridgehead atoms. The number of nitrogens with two attached hydrogens (primary N) is 1. The topological polar surface area (TPSA) is 76.7 Å². The number of benzene rings is 2. The van der Waals surface area contributed by atoms with Gasteiger partial charge in [0.25, 0.3) is 0 Å². The van der Waals surface area contributed by atoms with Gasteiger partial charge in [-0.2, -0.15) is 5.10 Å². The van der Waals surface area contributed by atoms with Crippen molar-refractivity contribution < 1.29 is 9.53 Å². The third-order valence-corrected chi connectivity index (χ3v) is 2.77. The van der Waals surface area contributed by atoms with Gasteiger partial charge < -0.3 is 10.5 Å². The van der Waals surface area contributed by atoms with Crippen molar-refractivity contribution in [3.63, 3.8) is 0 Å². The molecule has 108 valence electrons. The number of ether oxygens (including phenoxy) is 1. The Morgan fingerprint density at radius 1 is 1.29 bits per heavy atom. The average molecular weight is 283 g/mol. The van der Waals surface area contributed by atoms with E-state index >= 15 is 0 Å². The lowest BCUT2D eigenvalue weighted by molar-refractivity contribution is 0.249. The number of carbonyl (C=O) groups is 1. The third-order valence-electron chi connectivity index (χ3n) is 2.77. The summed E-state index contributed by atoms with van der Waals surface area (Å²) in [6.07, 6.45) is 1.50. The van der Waals surface area contributed by atoms with Crippen molar-refractivity contribution in [2.75, 3.05) is 0 Å². The van der Waals surface area contributed by atoms with Crippen molar-refractivity contribution in [2.45, 2.75) is 13.5 Å². The van der Waals surface area contributed by atoms with Crippen LogP contribution in [0.4, 0.5) is 4.79 Å². The molecule has 0 aromatic heterocycles. The minimum absolute atomic E-state index is 0.500. The van der Waals surface area contributed by atoms with Gasteiger partial charge in [-0.1, -0.05) is 42.0 Å². The van der Waals surface area contributed by atoms with E-state index in [1.807, 2.05) is 43.3 Å². The Hall–Kier alpha value is -2.82. The summed E-state index contributed by atoms with van der Waals surface area (Å²) in [6.45, 7) is 2.55. The van der Waals surface area contributed by atoms with Gasteiger partial charge in [-0.3, -0.25) is 0 Å². The van der Waals surface area contributed by atoms with E-state index in [4.69, 9.17) is 10.5 Å². The summed E-state index contributed by atoms with van der Waals surface area (Å²) >= 11 is 0. The molecule has 0 aliphatic carbocycles. The van der Waals surface area contributed by atoms with Gasteiger partial charge in [0, 0.05) is 0 Å². The van der Waals surface area contributed by atoms with Crippen molar-refractivity contribution in [1.29, 1.82) is 0 Å². The average Bonchev–Trinajstić information content (AvgIpc) is 2.47. The Morgan fingerprint density at radius 2 is 2.05 bits per heavy atom. The highest BCUT2D eigenvalue weighted by molar-refractivity contribution is 5.81. The number of nitrogens with zero attached hydrogens (tertiary/aromatic N) is 1. The van der Waals surface area contributed by atoms with Crippen molar-refractivity contribution in [1.82, 2.24) is 5.43 Å². The highest BCUT2D eigenvalue weighted by Crippen LogP contribution is 2.14. The molecule has 21 heavy (non-hydrogen) atoms. The van der Waals surface area contributed by atoms with Gasteiger partial charge in [0.05, 0.1) is 6.21 Å². The fraction of sp³-hybridized carbons (Fsp3) is 0.125. The zero-order valence-electron chi connectivity index (χ0n) is 11.7. The smallest absolute Gasteiger partial charge is 0.332 e. The molecule has 2 rings (SSSR count). The van der Waals surface area contributed by atoms with Gasteiger partial charge >= 0.3 is 6.03 Å². The lowest BCUT2D eigenvalue weighted by Gasteiger charge is -2.07. The molecule has 0 heterocycles. The van der Waals surface area contributed by atoms with Crippen molar-refractivity contribution in [2.24, 2.45) is 10.8 Å². The second-order valence-electron chi connectivity index (χ2n) is 4.58. The fourth-order valence-corrected chi connectivity index (χ4v) is 1.71. The molecule has 3 N–H and O–H groups in total. The second-order valence-corrected chi connectivity index (χ2v) is 4.58. The molecule has 0 aliphatic heterocycles. The normalized spacial score (nSPS) is 10.5. The summed E-state index contributed by atoms with van der Waals surface area (Å²) in [4.78, 5) is 10.5. The molecule has 0 fully saturated rings. The molecule has 5 heteroatoms. The molecule has 0 saturated carbocycles. The number of hydrogen-bond acceptors (Lipinski definition) is 3. The van der Waals surface area contributed by atoms with E-state index < -0.39 is 6.03 Å². The number of hydrogen-bond donors (Lipinski definition) is 2. The molecule has 0 spiro atoms. The summed E-state index contributed by atoms with van der Waals surface area (Å²) in [7, 11) is 0. The SMILES string of the molecule is Cc1ccc(COc2cccc(/C=N\NC(N)=O)c2)cc1. The molecule has 0 saturated heterocycles. The summed E-state index contributed by atoms with van der Waals surface area (Å²) in [5, 5.41) is 3.71. The summed E-state index contributed by atoms with van der Waals surface area (Å²) in [5.74, 6) is 0.735. The second kappa shape index (κ2) is 7.09. The van der Waals surface area contributed by atoms with Crippen LogP contribution in [-0.2, 0) is 6.61 Å². The summed E-state index contributed by atoms with van der Waals surface area (Å²) in [6, 6.07) is 14.9. The van der Waals surface area contributed by atoms with Crippen LogP contribution in [0, 0.1) is 6.92 Å². The quantitative estimate of drug-likeness (QED) is 0.653. The van der Waals surface area contributed by atoms with E-state index in [2.05, 4.69) is 22.7 Å². The maximum absolute atomic E-state index is 10.5. The zero-order valence-corrected chi connectivity index (χ0v) is 11.7. The molecule has 0 atom stereocenters. The number of rotatable bonds is 5. The third kappa shape index (κ3) is 4.99. The highest BCUT2D eigenvalue weighted by atomic mass is 16.5. The van der Waals surface area contributed by atoms with Crippen LogP contribution in [0.15, 0.2) is 53.6 Å². The first-order chi connectivity index (χ1) is 10.1.